The minimum atomic E-state index is 0.121. The van der Waals surface area contributed by atoms with E-state index in [1.165, 1.54) is 65.8 Å². The van der Waals surface area contributed by atoms with Gasteiger partial charge >= 0.3 is 0 Å². The second kappa shape index (κ2) is 9.06. The zero-order valence-electron chi connectivity index (χ0n) is 26.0. The van der Waals surface area contributed by atoms with Crippen LogP contribution >= 0.6 is 0 Å². The molecule has 2 heterocycles. The fourth-order valence-corrected chi connectivity index (χ4v) is 6.70. The first-order chi connectivity index (χ1) is 18.7. The first-order valence-electron chi connectivity index (χ1n) is 14.9. The molecule has 2 heteroatoms. The Hall–Kier alpha value is -3.39. The van der Waals surface area contributed by atoms with E-state index < -0.39 is 0 Å². The number of pyridine rings is 1. The van der Waals surface area contributed by atoms with Gasteiger partial charge in [-0.1, -0.05) is 91.8 Å². The number of nitrogens with zero attached hydrogens (tertiary/aromatic N) is 1. The Bertz CT molecular complexity index is 1830. The Kier molecular flexibility index (Phi) is 6.07. The van der Waals surface area contributed by atoms with Crippen LogP contribution in [0.5, 0.6) is 11.5 Å². The van der Waals surface area contributed by atoms with Gasteiger partial charge in [0.05, 0.1) is 10.9 Å². The highest BCUT2D eigenvalue weighted by molar-refractivity contribution is 6.16. The highest BCUT2D eigenvalue weighted by Crippen LogP contribution is 2.53. The summed E-state index contributed by atoms with van der Waals surface area (Å²) in [5, 5.41) is 7.70. The molecule has 0 saturated heterocycles. The second-order valence-corrected chi connectivity index (χ2v) is 14.8. The van der Waals surface area contributed by atoms with Crippen LogP contribution in [0.25, 0.3) is 43.6 Å². The van der Waals surface area contributed by atoms with E-state index in [1.54, 1.807) is 0 Å². The third-order valence-electron chi connectivity index (χ3n) is 8.47. The smallest absolute Gasteiger partial charge is 0.228 e. The zero-order chi connectivity index (χ0) is 28.7. The highest BCUT2D eigenvalue weighted by Gasteiger charge is 2.34. The average Bonchev–Trinajstić information content (AvgIpc) is 2.85. The van der Waals surface area contributed by atoms with Gasteiger partial charge in [0.25, 0.3) is 0 Å². The quantitative estimate of drug-likeness (QED) is 0.164. The molecule has 0 amide bonds. The Morgan fingerprint density at radius 2 is 1.48 bits per heavy atom. The van der Waals surface area contributed by atoms with E-state index in [0.717, 1.165) is 24.3 Å². The summed E-state index contributed by atoms with van der Waals surface area (Å²) in [5.74, 6) is 2.50. The minimum absolute atomic E-state index is 0.121. The molecule has 5 aromatic rings. The lowest BCUT2D eigenvalue weighted by atomic mass is 9.81. The number of aryl methyl sites for hydroxylation is 2. The molecule has 0 bridgehead atoms. The molecule has 0 radical (unpaired) electrons. The molecule has 0 N–H and O–H groups in total. The van der Waals surface area contributed by atoms with Gasteiger partial charge in [-0.3, -0.25) is 0 Å². The summed E-state index contributed by atoms with van der Waals surface area (Å²) in [5.41, 5.74) is 8.26. The summed E-state index contributed by atoms with van der Waals surface area (Å²) >= 11 is 0. The molecule has 40 heavy (non-hydrogen) atoms. The maximum atomic E-state index is 7.08. The number of ether oxygens (including phenoxy) is 1. The van der Waals surface area contributed by atoms with Gasteiger partial charge in [0.2, 0.25) is 5.69 Å². The third-order valence-corrected chi connectivity index (χ3v) is 8.47. The van der Waals surface area contributed by atoms with Crippen molar-refractivity contribution >= 4 is 32.3 Å². The van der Waals surface area contributed by atoms with Gasteiger partial charge < -0.3 is 4.74 Å². The molecule has 0 unspecified atom stereocenters. The van der Waals surface area contributed by atoms with Gasteiger partial charge in [0.1, 0.15) is 18.5 Å². The molecule has 1 aliphatic heterocycles. The minimum Gasteiger partial charge on any atom is -0.455 e. The summed E-state index contributed by atoms with van der Waals surface area (Å²) in [6, 6.07) is 18.6. The number of aromatic nitrogens is 1. The van der Waals surface area contributed by atoms with E-state index >= 15 is 0 Å². The monoisotopic (exact) mass is 530 g/mol. The van der Waals surface area contributed by atoms with Crippen LogP contribution in [0, 0.1) is 17.8 Å². The summed E-state index contributed by atoms with van der Waals surface area (Å²) in [7, 11) is 2.18. The third kappa shape index (κ3) is 4.46. The normalized spacial score (nSPS) is 13.4. The van der Waals surface area contributed by atoms with Crippen molar-refractivity contribution in [3.8, 4) is 22.8 Å². The second-order valence-electron chi connectivity index (χ2n) is 14.8. The zero-order valence-corrected chi connectivity index (χ0v) is 26.0. The first kappa shape index (κ1) is 26.8. The number of benzene rings is 4. The van der Waals surface area contributed by atoms with E-state index in [4.69, 9.17) is 4.74 Å². The van der Waals surface area contributed by atoms with E-state index in [1.807, 2.05) is 0 Å². The molecule has 0 fully saturated rings. The van der Waals surface area contributed by atoms with Crippen LogP contribution in [0.4, 0.5) is 0 Å². The molecule has 1 aromatic heterocycles. The topological polar surface area (TPSA) is 13.1 Å². The average molecular weight is 531 g/mol. The number of hydrogen-bond acceptors (Lipinski definition) is 1. The lowest BCUT2D eigenvalue weighted by Gasteiger charge is -2.28. The van der Waals surface area contributed by atoms with Crippen molar-refractivity contribution in [2.45, 2.75) is 81.1 Å². The van der Waals surface area contributed by atoms with Gasteiger partial charge in [-0.15, -0.1) is 0 Å². The fraction of sp³-hybridized carbons (Fsp3) is 0.395. The highest BCUT2D eigenvalue weighted by atomic mass is 16.5. The van der Waals surface area contributed by atoms with E-state index in [9.17, 15) is 0 Å². The van der Waals surface area contributed by atoms with Crippen LogP contribution in [0.1, 0.15) is 83.6 Å². The molecular weight excluding hydrogens is 486 g/mol. The Labute approximate surface area is 240 Å². The molecular formula is C38H44NO+. The van der Waals surface area contributed by atoms with Crippen LogP contribution in [0.2, 0.25) is 0 Å². The number of fused-ring (bicyclic) bond motifs is 5. The van der Waals surface area contributed by atoms with Crippen molar-refractivity contribution in [1.29, 1.82) is 0 Å². The molecule has 1 aliphatic rings. The predicted molar refractivity (Wildman–Crippen MR) is 171 cm³/mol. The van der Waals surface area contributed by atoms with Crippen LogP contribution < -0.4 is 9.30 Å². The maximum absolute atomic E-state index is 7.08. The summed E-state index contributed by atoms with van der Waals surface area (Å²) < 4.78 is 9.39. The van der Waals surface area contributed by atoms with Gasteiger partial charge in [0.15, 0.2) is 6.20 Å². The largest absolute Gasteiger partial charge is 0.455 e. The lowest BCUT2D eigenvalue weighted by Crippen LogP contribution is -2.32. The van der Waals surface area contributed by atoms with Gasteiger partial charge in [0, 0.05) is 17.0 Å². The summed E-state index contributed by atoms with van der Waals surface area (Å²) in [6.45, 7) is 20.8. The Morgan fingerprint density at radius 3 is 2.15 bits per heavy atom. The SMILES string of the molecule is Cc1c2c(c(CC(C)(C)C)c3ccc(C(C)C)cc13)Oc1cc3cc(CC(C)(C)C)ccc3c3cc[n+](C)c-2c13. The molecule has 2 nitrogen and oxygen atoms in total. The molecule has 0 spiro atoms. The summed E-state index contributed by atoms with van der Waals surface area (Å²) in [6.07, 6.45) is 4.23. The van der Waals surface area contributed by atoms with Gasteiger partial charge in [-0.2, -0.15) is 0 Å². The van der Waals surface area contributed by atoms with Crippen LogP contribution in [-0.4, -0.2) is 0 Å². The molecule has 0 atom stereocenters. The fourth-order valence-electron chi connectivity index (χ4n) is 6.70. The van der Waals surface area contributed by atoms with Crippen molar-refractivity contribution in [1.82, 2.24) is 0 Å². The Balaban J connectivity index is 1.71. The van der Waals surface area contributed by atoms with Crippen molar-refractivity contribution in [2.75, 3.05) is 0 Å². The van der Waals surface area contributed by atoms with Crippen molar-refractivity contribution in [3.63, 3.8) is 0 Å². The van der Waals surface area contributed by atoms with Crippen molar-refractivity contribution < 1.29 is 9.30 Å². The Morgan fingerprint density at radius 1 is 0.775 bits per heavy atom. The molecule has 206 valence electrons. The molecule has 0 saturated carbocycles. The predicted octanol–water partition coefficient (Wildman–Crippen LogP) is 10.4. The lowest BCUT2D eigenvalue weighted by molar-refractivity contribution is -0.659. The maximum Gasteiger partial charge on any atom is 0.228 e. The number of hydrogen-bond donors (Lipinski definition) is 0. The van der Waals surface area contributed by atoms with Crippen molar-refractivity contribution in [3.05, 3.63) is 77.0 Å². The first-order valence-corrected chi connectivity index (χ1v) is 14.9. The number of rotatable bonds is 3. The van der Waals surface area contributed by atoms with Crippen molar-refractivity contribution in [2.24, 2.45) is 17.9 Å². The van der Waals surface area contributed by atoms with Gasteiger partial charge in [-0.25, -0.2) is 4.57 Å². The summed E-state index contributed by atoms with van der Waals surface area (Å²) in [4.78, 5) is 0. The van der Waals surface area contributed by atoms with Gasteiger partial charge in [-0.05, 0) is 80.8 Å². The van der Waals surface area contributed by atoms with E-state index in [0.29, 0.717) is 5.92 Å². The standard InChI is InChI=1S/C38H44NO/c1-22(2)25-12-14-28-30(18-25)23(3)33-35-34-29(15-16-39(35)10)27-13-11-24(20-37(4,5)6)17-26(27)19-32(34)40-36(33)31(28)21-38(7,8)9/h11-19,22H,20-21H2,1-10H3/q+1. The van der Waals surface area contributed by atoms with E-state index in [2.05, 4.69) is 129 Å². The van der Waals surface area contributed by atoms with Crippen LogP contribution in [0.15, 0.2) is 54.7 Å². The van der Waals surface area contributed by atoms with E-state index in [-0.39, 0.29) is 10.8 Å². The molecule has 0 aliphatic carbocycles. The molecule has 4 aromatic carbocycles. The van der Waals surface area contributed by atoms with Crippen LogP contribution in [-0.2, 0) is 19.9 Å². The molecule has 6 rings (SSSR count). The van der Waals surface area contributed by atoms with Crippen LogP contribution in [0.3, 0.4) is 0 Å².